The monoisotopic (exact) mass is 459 g/mol. The van der Waals surface area contributed by atoms with Crippen molar-refractivity contribution in [1.82, 2.24) is 19.7 Å². The molecule has 1 fully saturated rings. The number of nitrogens with zero attached hydrogens (tertiary/aromatic N) is 5. The van der Waals surface area contributed by atoms with Gasteiger partial charge in [-0.15, -0.1) is 0 Å². The number of fused-ring (bicyclic) bond motifs is 1. The van der Waals surface area contributed by atoms with Crippen molar-refractivity contribution < 1.29 is 9.84 Å². The number of aromatic nitrogens is 4. The summed E-state index contributed by atoms with van der Waals surface area (Å²) in [6.07, 6.45) is 3.91. The maximum Gasteiger partial charge on any atom is 0.228 e. The summed E-state index contributed by atoms with van der Waals surface area (Å²) in [5.41, 5.74) is 4.25. The van der Waals surface area contributed by atoms with Gasteiger partial charge in [0.25, 0.3) is 0 Å². The van der Waals surface area contributed by atoms with Crippen LogP contribution in [0.1, 0.15) is 36.6 Å². The Bertz CT molecular complexity index is 1240. The third-order valence-corrected chi connectivity index (χ3v) is 6.69. The molecule has 0 aliphatic carbocycles. The van der Waals surface area contributed by atoms with E-state index in [2.05, 4.69) is 26.8 Å². The van der Waals surface area contributed by atoms with Crippen molar-refractivity contribution in [2.45, 2.75) is 38.6 Å². The smallest absolute Gasteiger partial charge is 0.228 e. The van der Waals surface area contributed by atoms with Gasteiger partial charge in [-0.05, 0) is 43.5 Å². The minimum Gasteiger partial charge on any atom is -0.395 e. The highest BCUT2D eigenvalue weighted by atomic mass is 16.5. The van der Waals surface area contributed by atoms with Gasteiger partial charge in [-0.25, -0.2) is 14.6 Å². The van der Waals surface area contributed by atoms with E-state index in [1.54, 1.807) is 6.20 Å². The molecule has 0 radical (unpaired) electrons. The van der Waals surface area contributed by atoms with Crippen LogP contribution in [0.25, 0.3) is 11.3 Å². The van der Waals surface area contributed by atoms with Crippen LogP contribution in [-0.2, 0) is 16.7 Å². The number of nitrogens with one attached hydrogen (secondary N) is 2. The van der Waals surface area contributed by atoms with E-state index in [9.17, 15) is 10.4 Å². The molecule has 1 aromatic carbocycles. The first kappa shape index (κ1) is 22.3. The molecule has 2 unspecified atom stereocenters. The van der Waals surface area contributed by atoms with Gasteiger partial charge < -0.3 is 20.5 Å². The van der Waals surface area contributed by atoms with Crippen LogP contribution in [0.15, 0.2) is 30.5 Å². The third kappa shape index (κ3) is 4.22. The highest BCUT2D eigenvalue weighted by molar-refractivity contribution is 5.76. The highest BCUT2D eigenvalue weighted by Gasteiger charge is 2.36. The predicted molar refractivity (Wildman–Crippen MR) is 129 cm³/mol. The molecule has 34 heavy (non-hydrogen) atoms. The molecule has 0 amide bonds. The van der Waals surface area contributed by atoms with E-state index >= 15 is 0 Å². The van der Waals surface area contributed by atoms with Crippen molar-refractivity contribution in [1.29, 1.82) is 5.26 Å². The van der Waals surface area contributed by atoms with E-state index < -0.39 is 5.41 Å². The second-order valence-corrected chi connectivity index (χ2v) is 9.46. The Kier molecular flexibility index (Phi) is 5.94. The summed E-state index contributed by atoms with van der Waals surface area (Å²) in [6.45, 7) is 6.91. The van der Waals surface area contributed by atoms with Crippen LogP contribution < -0.4 is 10.6 Å². The summed E-state index contributed by atoms with van der Waals surface area (Å²) >= 11 is 0. The molecule has 2 atom stereocenters. The first-order chi connectivity index (χ1) is 16.5. The molecule has 176 valence electrons. The summed E-state index contributed by atoms with van der Waals surface area (Å²) in [7, 11) is 0. The van der Waals surface area contributed by atoms with Crippen molar-refractivity contribution in [3.63, 3.8) is 0 Å². The van der Waals surface area contributed by atoms with Gasteiger partial charge in [-0.3, -0.25) is 0 Å². The molecule has 1 saturated heterocycles. The molecule has 9 heteroatoms. The SMILES string of the molecule is Cc1cc(Nc2nccc(-c3cc(C#N)c4c(c3)C(C)(CO)CN4)n2)n(CC2CCCOC2)n1. The van der Waals surface area contributed by atoms with Gasteiger partial charge in [0.15, 0.2) is 0 Å². The fraction of sp³-hybridized carbons (Fsp3) is 0.440. The van der Waals surface area contributed by atoms with Crippen LogP contribution in [0.2, 0.25) is 0 Å². The lowest BCUT2D eigenvalue weighted by Gasteiger charge is -2.22. The molecule has 0 spiro atoms. The molecule has 3 N–H and O–H groups in total. The van der Waals surface area contributed by atoms with Crippen LogP contribution in [0.3, 0.4) is 0 Å². The van der Waals surface area contributed by atoms with Crippen LogP contribution in [0, 0.1) is 24.2 Å². The standard InChI is InChI=1S/C25H29N7O2/c1-16-8-22(32(31-16)12-17-4-3-7-34-13-17)30-24-27-6-5-21(29-24)18-9-19(11-26)23-20(10-18)25(2,15-33)14-28-23/h5-6,8-10,17,28,33H,3-4,7,12-15H2,1-2H3,(H,27,29,30). The Hall–Kier alpha value is -3.48. The predicted octanol–water partition coefficient (Wildman–Crippen LogP) is 3.37. The lowest BCUT2D eigenvalue weighted by molar-refractivity contribution is 0.0472. The second kappa shape index (κ2) is 9.05. The summed E-state index contributed by atoms with van der Waals surface area (Å²) in [6, 6.07) is 9.93. The first-order valence-corrected chi connectivity index (χ1v) is 11.6. The number of hydrogen-bond acceptors (Lipinski definition) is 8. The summed E-state index contributed by atoms with van der Waals surface area (Å²) in [4.78, 5) is 9.14. The Morgan fingerprint density at radius 1 is 1.38 bits per heavy atom. The molecule has 2 aromatic heterocycles. The van der Waals surface area contributed by atoms with Crippen LogP contribution in [-0.4, -0.2) is 51.2 Å². The molecule has 4 heterocycles. The number of aryl methyl sites for hydroxylation is 1. The van der Waals surface area contributed by atoms with Crippen LogP contribution in [0.5, 0.6) is 0 Å². The minimum atomic E-state index is -0.447. The van der Waals surface area contributed by atoms with Crippen molar-refractivity contribution in [2.75, 3.05) is 37.0 Å². The molecule has 3 aromatic rings. The average Bonchev–Trinajstić information content (AvgIpc) is 3.38. The molecule has 2 aliphatic rings. The lowest BCUT2D eigenvalue weighted by atomic mass is 9.83. The molecular weight excluding hydrogens is 430 g/mol. The van der Waals surface area contributed by atoms with Crippen molar-refractivity contribution in [3.05, 3.63) is 47.3 Å². The fourth-order valence-corrected chi connectivity index (χ4v) is 4.74. The normalized spacial score (nSPS) is 21.5. The molecule has 0 bridgehead atoms. The van der Waals surface area contributed by atoms with Crippen molar-refractivity contribution in [2.24, 2.45) is 5.92 Å². The Balaban J connectivity index is 1.44. The number of rotatable bonds is 6. The van der Waals surface area contributed by atoms with Gasteiger partial charge in [-0.2, -0.15) is 10.4 Å². The zero-order valence-electron chi connectivity index (χ0n) is 19.5. The van der Waals surface area contributed by atoms with E-state index in [1.165, 1.54) is 0 Å². The van der Waals surface area contributed by atoms with Crippen molar-refractivity contribution in [3.8, 4) is 17.3 Å². The van der Waals surface area contributed by atoms with Gasteiger partial charge in [0.05, 0.1) is 35.9 Å². The average molecular weight is 460 g/mol. The van der Waals surface area contributed by atoms with E-state index in [4.69, 9.17) is 9.72 Å². The third-order valence-electron chi connectivity index (χ3n) is 6.69. The zero-order valence-corrected chi connectivity index (χ0v) is 19.5. The van der Waals surface area contributed by atoms with Gasteiger partial charge >= 0.3 is 0 Å². The van der Waals surface area contributed by atoms with E-state index in [0.29, 0.717) is 29.7 Å². The first-order valence-electron chi connectivity index (χ1n) is 11.6. The number of aliphatic hydroxyl groups is 1. The van der Waals surface area contributed by atoms with E-state index in [-0.39, 0.29) is 6.61 Å². The fourth-order valence-electron chi connectivity index (χ4n) is 4.74. The van der Waals surface area contributed by atoms with Crippen LogP contribution >= 0.6 is 0 Å². The van der Waals surface area contributed by atoms with Gasteiger partial charge in [0.2, 0.25) is 5.95 Å². The molecule has 9 nitrogen and oxygen atoms in total. The highest BCUT2D eigenvalue weighted by Crippen LogP contribution is 2.41. The van der Waals surface area contributed by atoms with Gasteiger partial charge in [0.1, 0.15) is 11.9 Å². The number of benzene rings is 1. The zero-order chi connectivity index (χ0) is 23.7. The molecular formula is C25H29N7O2. The molecule has 2 aliphatic heterocycles. The van der Waals surface area contributed by atoms with E-state index in [0.717, 1.165) is 60.9 Å². The molecule has 5 rings (SSSR count). The largest absolute Gasteiger partial charge is 0.395 e. The number of anilines is 3. The number of hydrogen-bond donors (Lipinski definition) is 3. The maximum atomic E-state index is 9.98. The Morgan fingerprint density at radius 3 is 3.03 bits per heavy atom. The van der Waals surface area contributed by atoms with E-state index in [1.807, 2.05) is 42.8 Å². The lowest BCUT2D eigenvalue weighted by Crippen LogP contribution is -2.28. The summed E-state index contributed by atoms with van der Waals surface area (Å²) in [5, 5.41) is 30.9. The maximum absolute atomic E-state index is 9.98. The van der Waals surface area contributed by atoms with Gasteiger partial charge in [-0.1, -0.05) is 6.92 Å². The second-order valence-electron chi connectivity index (χ2n) is 9.46. The van der Waals surface area contributed by atoms with Crippen LogP contribution in [0.4, 0.5) is 17.5 Å². The molecule has 0 saturated carbocycles. The Morgan fingerprint density at radius 2 is 2.26 bits per heavy atom. The quantitative estimate of drug-likeness (QED) is 0.513. The number of nitriles is 1. The topological polar surface area (TPSA) is 121 Å². The Labute approximate surface area is 198 Å². The number of aliphatic hydroxyl groups excluding tert-OH is 1. The van der Waals surface area contributed by atoms with Gasteiger partial charge in [0, 0.05) is 48.9 Å². The summed E-state index contributed by atoms with van der Waals surface area (Å²) < 4.78 is 7.59. The van der Waals surface area contributed by atoms with Crippen molar-refractivity contribution >= 4 is 17.5 Å². The summed E-state index contributed by atoms with van der Waals surface area (Å²) in [5.74, 6) is 1.73. The number of ether oxygens (including phenoxy) is 1. The minimum absolute atomic E-state index is 0.00667.